The van der Waals surface area contributed by atoms with Gasteiger partial charge >= 0.3 is 0 Å². The van der Waals surface area contributed by atoms with Gasteiger partial charge in [0.2, 0.25) is 5.88 Å². The van der Waals surface area contributed by atoms with Gasteiger partial charge in [0.25, 0.3) is 0 Å². The number of methoxy groups -OCH3 is 1. The first-order chi connectivity index (χ1) is 11.7. The number of aryl methyl sites for hydroxylation is 2. The van der Waals surface area contributed by atoms with Crippen LogP contribution >= 0.6 is 24.0 Å². The molecule has 1 aliphatic heterocycles. The van der Waals surface area contributed by atoms with Gasteiger partial charge < -0.3 is 20.1 Å². The van der Waals surface area contributed by atoms with Crippen molar-refractivity contribution in [3.63, 3.8) is 0 Å². The van der Waals surface area contributed by atoms with E-state index in [9.17, 15) is 0 Å². The van der Waals surface area contributed by atoms with Gasteiger partial charge in [0.1, 0.15) is 0 Å². The zero-order valence-electron chi connectivity index (χ0n) is 15.7. The van der Waals surface area contributed by atoms with Gasteiger partial charge in [0, 0.05) is 40.3 Å². The van der Waals surface area contributed by atoms with Gasteiger partial charge in [-0.15, -0.1) is 24.0 Å². The molecule has 0 unspecified atom stereocenters. The van der Waals surface area contributed by atoms with Gasteiger partial charge in [0.05, 0.1) is 38.1 Å². The molecule has 1 saturated heterocycles. The first kappa shape index (κ1) is 22.0. The third-order valence-corrected chi connectivity index (χ3v) is 4.18. The van der Waals surface area contributed by atoms with Crippen LogP contribution in [-0.2, 0) is 24.8 Å². The van der Waals surface area contributed by atoms with E-state index in [2.05, 4.69) is 32.5 Å². The highest BCUT2D eigenvalue weighted by atomic mass is 127. The summed E-state index contributed by atoms with van der Waals surface area (Å²) in [4.78, 5) is 6.68. The fraction of sp³-hybridized carbons (Fsp3) is 0.750. The standard InChI is InChI=1S/C16H30N6O2.HI/c1-5-14-13(15(23-4)21(3)20-14)12-19-16(17-2)18-6-7-22-8-10-24-11-9-22;/h5-12H2,1-4H3,(H2,17,18,19);1H. The number of guanidine groups is 1. The average Bonchev–Trinajstić information content (AvgIpc) is 2.93. The molecule has 0 amide bonds. The van der Waals surface area contributed by atoms with Crippen molar-refractivity contribution in [2.24, 2.45) is 12.0 Å². The van der Waals surface area contributed by atoms with Crippen molar-refractivity contribution in [3.8, 4) is 5.88 Å². The number of aromatic nitrogens is 2. The molecule has 1 aliphatic rings. The molecule has 1 aromatic rings. The Bertz CT molecular complexity index is 543. The number of hydrogen-bond donors (Lipinski definition) is 2. The van der Waals surface area contributed by atoms with E-state index in [0.717, 1.165) is 68.9 Å². The van der Waals surface area contributed by atoms with Crippen molar-refractivity contribution < 1.29 is 9.47 Å². The molecule has 2 N–H and O–H groups in total. The van der Waals surface area contributed by atoms with Crippen molar-refractivity contribution in [1.82, 2.24) is 25.3 Å². The molecular formula is C16H31IN6O2. The molecule has 144 valence electrons. The zero-order chi connectivity index (χ0) is 17.4. The summed E-state index contributed by atoms with van der Waals surface area (Å²) in [5, 5.41) is 11.2. The number of aliphatic imine (C=N–C) groups is 1. The molecule has 0 atom stereocenters. The fourth-order valence-corrected chi connectivity index (χ4v) is 2.87. The van der Waals surface area contributed by atoms with E-state index in [1.54, 1.807) is 18.8 Å². The largest absolute Gasteiger partial charge is 0.481 e. The lowest BCUT2D eigenvalue weighted by molar-refractivity contribution is 0.0389. The maximum Gasteiger partial charge on any atom is 0.216 e. The van der Waals surface area contributed by atoms with E-state index >= 15 is 0 Å². The van der Waals surface area contributed by atoms with Crippen molar-refractivity contribution in [2.45, 2.75) is 19.9 Å². The number of ether oxygens (including phenoxy) is 2. The maximum atomic E-state index is 5.47. The Morgan fingerprint density at radius 2 is 2.04 bits per heavy atom. The van der Waals surface area contributed by atoms with Crippen LogP contribution in [0.4, 0.5) is 0 Å². The topological polar surface area (TPSA) is 75.9 Å². The Kier molecular flexibility index (Phi) is 10.1. The van der Waals surface area contributed by atoms with E-state index in [4.69, 9.17) is 9.47 Å². The quantitative estimate of drug-likeness (QED) is 0.349. The second-order valence-electron chi connectivity index (χ2n) is 5.72. The van der Waals surface area contributed by atoms with Crippen LogP contribution in [0, 0.1) is 0 Å². The van der Waals surface area contributed by atoms with E-state index in [1.807, 2.05) is 7.05 Å². The molecule has 0 spiro atoms. The van der Waals surface area contributed by atoms with Crippen LogP contribution in [0.5, 0.6) is 5.88 Å². The summed E-state index contributed by atoms with van der Waals surface area (Å²) in [6.07, 6.45) is 0.872. The molecule has 0 saturated carbocycles. The Balaban J connectivity index is 0.00000312. The highest BCUT2D eigenvalue weighted by Gasteiger charge is 2.16. The summed E-state index contributed by atoms with van der Waals surface area (Å²) in [6, 6.07) is 0. The number of hydrogen-bond acceptors (Lipinski definition) is 5. The van der Waals surface area contributed by atoms with Crippen LogP contribution in [0.15, 0.2) is 4.99 Å². The summed E-state index contributed by atoms with van der Waals surface area (Å²) < 4.78 is 12.6. The molecular weight excluding hydrogens is 435 g/mol. The Hall–Kier alpha value is -1.07. The number of rotatable bonds is 7. The van der Waals surface area contributed by atoms with Gasteiger partial charge in [0.15, 0.2) is 5.96 Å². The highest BCUT2D eigenvalue weighted by molar-refractivity contribution is 14.0. The van der Waals surface area contributed by atoms with Crippen molar-refractivity contribution in [1.29, 1.82) is 0 Å². The molecule has 0 bridgehead atoms. The number of halogens is 1. The molecule has 1 aromatic heterocycles. The molecule has 0 aliphatic carbocycles. The molecule has 25 heavy (non-hydrogen) atoms. The van der Waals surface area contributed by atoms with Gasteiger partial charge in [-0.3, -0.25) is 9.89 Å². The molecule has 1 fully saturated rings. The number of morpholine rings is 1. The summed E-state index contributed by atoms with van der Waals surface area (Å²) in [5.74, 6) is 1.58. The normalized spacial score (nSPS) is 15.6. The summed E-state index contributed by atoms with van der Waals surface area (Å²) in [6.45, 7) is 8.23. The van der Waals surface area contributed by atoms with Crippen LogP contribution in [0.1, 0.15) is 18.2 Å². The first-order valence-corrected chi connectivity index (χ1v) is 8.52. The average molecular weight is 466 g/mol. The zero-order valence-corrected chi connectivity index (χ0v) is 18.0. The van der Waals surface area contributed by atoms with Gasteiger partial charge in [-0.05, 0) is 6.42 Å². The lowest BCUT2D eigenvalue weighted by atomic mass is 10.2. The second kappa shape index (κ2) is 11.5. The van der Waals surface area contributed by atoms with Gasteiger partial charge in [-0.2, -0.15) is 5.10 Å². The van der Waals surface area contributed by atoms with Crippen molar-refractivity contribution >= 4 is 29.9 Å². The van der Waals surface area contributed by atoms with E-state index in [0.29, 0.717) is 6.54 Å². The molecule has 0 aromatic carbocycles. The van der Waals surface area contributed by atoms with E-state index in [1.165, 1.54) is 0 Å². The summed E-state index contributed by atoms with van der Waals surface area (Å²) in [7, 11) is 5.36. The minimum Gasteiger partial charge on any atom is -0.481 e. The molecule has 2 heterocycles. The first-order valence-electron chi connectivity index (χ1n) is 8.52. The molecule has 2 rings (SSSR count). The van der Waals surface area contributed by atoms with Crippen LogP contribution in [-0.4, -0.2) is 74.2 Å². The highest BCUT2D eigenvalue weighted by Crippen LogP contribution is 2.21. The lowest BCUT2D eigenvalue weighted by Crippen LogP contribution is -2.44. The minimum atomic E-state index is 0. The third kappa shape index (κ3) is 6.30. The summed E-state index contributed by atoms with van der Waals surface area (Å²) >= 11 is 0. The fourth-order valence-electron chi connectivity index (χ4n) is 2.87. The Morgan fingerprint density at radius 3 is 2.64 bits per heavy atom. The van der Waals surface area contributed by atoms with Crippen LogP contribution in [0.3, 0.4) is 0 Å². The molecule has 8 nitrogen and oxygen atoms in total. The van der Waals surface area contributed by atoms with Crippen LogP contribution < -0.4 is 15.4 Å². The molecule has 9 heteroatoms. The van der Waals surface area contributed by atoms with Crippen LogP contribution in [0.2, 0.25) is 0 Å². The monoisotopic (exact) mass is 466 g/mol. The van der Waals surface area contributed by atoms with Crippen molar-refractivity contribution in [2.75, 3.05) is 53.6 Å². The third-order valence-electron chi connectivity index (χ3n) is 4.18. The molecule has 0 radical (unpaired) electrons. The van der Waals surface area contributed by atoms with Gasteiger partial charge in [-0.25, -0.2) is 4.68 Å². The van der Waals surface area contributed by atoms with E-state index in [-0.39, 0.29) is 24.0 Å². The Labute approximate surface area is 167 Å². The van der Waals surface area contributed by atoms with Crippen LogP contribution in [0.25, 0.3) is 0 Å². The van der Waals surface area contributed by atoms with E-state index < -0.39 is 0 Å². The van der Waals surface area contributed by atoms with Gasteiger partial charge in [-0.1, -0.05) is 6.92 Å². The lowest BCUT2D eigenvalue weighted by Gasteiger charge is -2.26. The minimum absolute atomic E-state index is 0. The number of nitrogens with zero attached hydrogens (tertiary/aromatic N) is 4. The maximum absolute atomic E-state index is 5.47. The number of nitrogens with one attached hydrogen (secondary N) is 2. The van der Waals surface area contributed by atoms with Crippen molar-refractivity contribution in [3.05, 3.63) is 11.3 Å². The summed E-state index contributed by atoms with van der Waals surface area (Å²) in [5.41, 5.74) is 2.13. The SMILES string of the molecule is CCc1nn(C)c(OC)c1CNC(=NC)NCCN1CCOCC1.I. The second-order valence-corrected chi connectivity index (χ2v) is 5.72. The smallest absolute Gasteiger partial charge is 0.216 e. The predicted molar refractivity (Wildman–Crippen MR) is 110 cm³/mol. The Morgan fingerprint density at radius 1 is 1.32 bits per heavy atom. The predicted octanol–water partition coefficient (Wildman–Crippen LogP) is 0.606.